The van der Waals surface area contributed by atoms with Gasteiger partial charge in [-0.3, -0.25) is 0 Å². The Labute approximate surface area is 222 Å². The van der Waals surface area contributed by atoms with Crippen LogP contribution >= 0.6 is 0 Å². The van der Waals surface area contributed by atoms with Gasteiger partial charge in [-0.05, 0) is 58.7 Å². The van der Waals surface area contributed by atoms with Crippen LogP contribution in [-0.4, -0.2) is 16.3 Å². The average molecular weight is 482 g/mol. The van der Waals surface area contributed by atoms with Crippen molar-refractivity contribution < 1.29 is 0 Å². The Kier molecular flexibility index (Phi) is 6.64. The zero-order valence-electron chi connectivity index (χ0n) is 23.1. The van der Waals surface area contributed by atoms with Gasteiger partial charge in [-0.25, -0.2) is 4.98 Å². The number of aryl methyl sites for hydroxylation is 7. The summed E-state index contributed by atoms with van der Waals surface area (Å²) in [7, 11) is 2.04. The van der Waals surface area contributed by atoms with Crippen LogP contribution in [0.2, 0.25) is 0 Å². The first-order valence-corrected chi connectivity index (χ1v) is 13.1. The molecule has 5 rings (SSSR count). The minimum Gasteiger partial charge on any atom is -0.334 e. The highest BCUT2D eigenvalue weighted by Gasteiger charge is 2.28. The van der Waals surface area contributed by atoms with E-state index in [0.29, 0.717) is 0 Å². The number of hydrogen-bond acceptors (Lipinski definition) is 1. The fraction of sp³-hybridized carbons (Fsp3) is 0.206. The van der Waals surface area contributed by atoms with Gasteiger partial charge in [0.15, 0.2) is 0 Å². The van der Waals surface area contributed by atoms with Crippen molar-refractivity contribution in [3.63, 3.8) is 0 Å². The van der Waals surface area contributed by atoms with E-state index in [2.05, 4.69) is 124 Å². The fourth-order valence-corrected chi connectivity index (χ4v) is 6.12. The first-order valence-electron chi connectivity index (χ1n) is 13.1. The quantitative estimate of drug-likeness (QED) is 0.276. The molecule has 0 saturated carbocycles. The van der Waals surface area contributed by atoms with Crippen LogP contribution in [0.5, 0.6) is 0 Å². The normalized spacial score (nSPS) is 11.1. The van der Waals surface area contributed by atoms with Crippen LogP contribution in [0.4, 0.5) is 0 Å². The second kappa shape index (κ2) is 9.90. The van der Waals surface area contributed by atoms with Gasteiger partial charge in [-0.15, -0.1) is 0 Å². The molecule has 0 N–H and O–H groups in total. The van der Waals surface area contributed by atoms with Crippen molar-refractivity contribution in [3.8, 4) is 22.5 Å². The van der Waals surface area contributed by atoms with E-state index in [-0.39, 0.29) is 6.71 Å². The second-order valence-electron chi connectivity index (χ2n) is 10.6. The number of benzene rings is 4. The predicted molar refractivity (Wildman–Crippen MR) is 160 cm³/mol. The molecule has 1 aromatic heterocycles. The summed E-state index contributed by atoms with van der Waals surface area (Å²) in [6.07, 6.45) is 3.84. The molecule has 5 aromatic rings. The lowest BCUT2D eigenvalue weighted by Crippen LogP contribution is -2.55. The van der Waals surface area contributed by atoms with Crippen LogP contribution in [0, 0.1) is 41.5 Å². The molecular weight excluding hydrogens is 447 g/mol. The van der Waals surface area contributed by atoms with E-state index in [4.69, 9.17) is 0 Å². The Morgan fingerprint density at radius 1 is 0.595 bits per heavy atom. The van der Waals surface area contributed by atoms with Crippen molar-refractivity contribution >= 4 is 23.1 Å². The summed E-state index contributed by atoms with van der Waals surface area (Å²) in [5, 5.41) is 0. The SMILES string of the molecule is Cc1cc(C)c(B(c2ccc(-c3cccc(-c4nccn4C)c3)cc2)c2c(C)cc(C)cc2C)c(C)c1. The summed E-state index contributed by atoms with van der Waals surface area (Å²) in [6, 6.07) is 27.2. The average Bonchev–Trinajstić information content (AvgIpc) is 3.28. The Bertz CT molecular complexity index is 1490. The lowest BCUT2D eigenvalue weighted by atomic mass is 9.34. The van der Waals surface area contributed by atoms with Gasteiger partial charge in [0.2, 0.25) is 6.71 Å². The number of hydrogen-bond donors (Lipinski definition) is 0. The lowest BCUT2D eigenvalue weighted by Gasteiger charge is -2.24. The summed E-state index contributed by atoms with van der Waals surface area (Å²) in [6.45, 7) is 13.6. The summed E-state index contributed by atoms with van der Waals surface area (Å²) in [5.41, 5.74) is 15.8. The minimum atomic E-state index is 0.189. The molecule has 0 spiro atoms. The summed E-state index contributed by atoms with van der Waals surface area (Å²) >= 11 is 0. The van der Waals surface area contributed by atoms with Gasteiger partial charge < -0.3 is 4.57 Å². The molecule has 184 valence electrons. The standard InChI is InChI=1S/C34H35BN2/c1-22-17-24(3)32(25(4)18-22)35(33-26(5)19-23(2)20-27(33)6)31-13-11-28(12-14-31)29-9-8-10-30(21-29)34-36-15-16-37(34)7/h8-21H,1-7H3. The Balaban J connectivity index is 1.63. The summed E-state index contributed by atoms with van der Waals surface area (Å²) < 4.78 is 2.06. The smallest absolute Gasteiger partial charge is 0.242 e. The molecule has 4 aromatic carbocycles. The molecule has 0 radical (unpaired) electrons. The van der Waals surface area contributed by atoms with Crippen LogP contribution in [-0.2, 0) is 7.05 Å². The van der Waals surface area contributed by atoms with E-state index < -0.39 is 0 Å². The van der Waals surface area contributed by atoms with E-state index in [1.165, 1.54) is 60.9 Å². The molecule has 1 heterocycles. The number of aromatic nitrogens is 2. The topological polar surface area (TPSA) is 17.8 Å². The molecule has 0 aliphatic rings. The molecule has 3 heteroatoms. The molecule has 0 aliphatic carbocycles. The zero-order chi connectivity index (χ0) is 26.3. The van der Waals surface area contributed by atoms with E-state index in [0.717, 1.165) is 11.4 Å². The van der Waals surface area contributed by atoms with Crippen LogP contribution < -0.4 is 16.4 Å². The molecular formula is C34H35BN2. The van der Waals surface area contributed by atoms with Crippen molar-refractivity contribution in [1.82, 2.24) is 9.55 Å². The summed E-state index contributed by atoms with van der Waals surface area (Å²) in [4.78, 5) is 4.53. The molecule has 0 amide bonds. The van der Waals surface area contributed by atoms with Crippen molar-refractivity contribution in [1.29, 1.82) is 0 Å². The molecule has 0 aliphatic heterocycles. The number of imidazole rings is 1. The van der Waals surface area contributed by atoms with Crippen molar-refractivity contribution in [2.45, 2.75) is 41.5 Å². The Morgan fingerprint density at radius 2 is 1.11 bits per heavy atom. The van der Waals surface area contributed by atoms with Crippen LogP contribution in [0.1, 0.15) is 33.4 Å². The molecule has 0 unspecified atom stereocenters. The lowest BCUT2D eigenvalue weighted by molar-refractivity contribution is 0.925. The van der Waals surface area contributed by atoms with E-state index in [9.17, 15) is 0 Å². The minimum absolute atomic E-state index is 0.189. The van der Waals surface area contributed by atoms with Gasteiger partial charge in [0.1, 0.15) is 5.82 Å². The van der Waals surface area contributed by atoms with E-state index >= 15 is 0 Å². The van der Waals surface area contributed by atoms with Gasteiger partial charge in [-0.2, -0.15) is 0 Å². The molecule has 0 bridgehead atoms. The Hall–Kier alpha value is -3.85. The molecule has 0 fully saturated rings. The van der Waals surface area contributed by atoms with Crippen LogP contribution in [0.3, 0.4) is 0 Å². The maximum atomic E-state index is 4.53. The number of nitrogens with zero attached hydrogens (tertiary/aromatic N) is 2. The Morgan fingerprint density at radius 3 is 1.59 bits per heavy atom. The molecule has 37 heavy (non-hydrogen) atoms. The van der Waals surface area contributed by atoms with Gasteiger partial charge >= 0.3 is 0 Å². The van der Waals surface area contributed by atoms with E-state index in [1.54, 1.807) is 0 Å². The largest absolute Gasteiger partial charge is 0.334 e. The van der Waals surface area contributed by atoms with Crippen LogP contribution in [0.15, 0.2) is 85.2 Å². The maximum Gasteiger partial charge on any atom is 0.242 e. The maximum absolute atomic E-state index is 4.53. The highest BCUT2D eigenvalue weighted by molar-refractivity contribution is 6.96. The third kappa shape index (κ3) is 4.79. The fourth-order valence-electron chi connectivity index (χ4n) is 6.12. The molecule has 0 atom stereocenters. The van der Waals surface area contributed by atoms with Crippen molar-refractivity contribution in [2.24, 2.45) is 7.05 Å². The van der Waals surface area contributed by atoms with Gasteiger partial charge in [0.25, 0.3) is 0 Å². The highest BCUT2D eigenvalue weighted by atomic mass is 15.0. The van der Waals surface area contributed by atoms with E-state index in [1.807, 2.05) is 19.4 Å². The second-order valence-corrected chi connectivity index (χ2v) is 10.6. The van der Waals surface area contributed by atoms with Crippen molar-refractivity contribution in [3.05, 3.63) is 119 Å². The van der Waals surface area contributed by atoms with Gasteiger partial charge in [0, 0.05) is 25.0 Å². The van der Waals surface area contributed by atoms with Gasteiger partial charge in [-0.1, -0.05) is 116 Å². The number of rotatable bonds is 5. The molecule has 0 saturated heterocycles. The van der Waals surface area contributed by atoms with Crippen LogP contribution in [0.25, 0.3) is 22.5 Å². The predicted octanol–water partition coefficient (Wildman–Crippen LogP) is 6.12. The monoisotopic (exact) mass is 482 g/mol. The first-order chi connectivity index (χ1) is 17.7. The molecule has 2 nitrogen and oxygen atoms in total. The highest BCUT2D eigenvalue weighted by Crippen LogP contribution is 2.25. The van der Waals surface area contributed by atoms with Crippen molar-refractivity contribution in [2.75, 3.05) is 0 Å². The first kappa shape index (κ1) is 24.8. The third-order valence-corrected chi connectivity index (χ3v) is 7.57. The third-order valence-electron chi connectivity index (χ3n) is 7.57. The van der Waals surface area contributed by atoms with Gasteiger partial charge in [0.05, 0.1) is 0 Å². The summed E-state index contributed by atoms with van der Waals surface area (Å²) in [5.74, 6) is 0.981. The zero-order valence-corrected chi connectivity index (χ0v) is 23.1.